The fraction of sp³-hybridized carbons (Fsp3) is 0.273. The summed E-state index contributed by atoms with van der Waals surface area (Å²) in [6, 6.07) is 4.22. The van der Waals surface area contributed by atoms with Crippen LogP contribution in [0.2, 0.25) is 0 Å². The van der Waals surface area contributed by atoms with Gasteiger partial charge in [0.25, 0.3) is 0 Å². The fourth-order valence-corrected chi connectivity index (χ4v) is 4.52. The highest BCUT2D eigenvalue weighted by Crippen LogP contribution is 2.44. The number of anilines is 1. The van der Waals surface area contributed by atoms with Gasteiger partial charge in [-0.2, -0.15) is 0 Å². The topological polar surface area (TPSA) is 26.0 Å². The van der Waals surface area contributed by atoms with Crippen molar-refractivity contribution in [2.45, 2.75) is 17.6 Å². The van der Waals surface area contributed by atoms with E-state index in [1.165, 1.54) is 20.2 Å². The summed E-state index contributed by atoms with van der Waals surface area (Å²) in [6.45, 7) is 2.19. The van der Waals surface area contributed by atoms with Crippen LogP contribution in [0.3, 0.4) is 0 Å². The van der Waals surface area contributed by atoms with E-state index in [2.05, 4.69) is 30.7 Å². The van der Waals surface area contributed by atoms with Gasteiger partial charge in [-0.05, 0) is 29.7 Å². The minimum absolute atomic E-state index is 0.957. The molecule has 2 N–H and O–H groups in total. The maximum absolute atomic E-state index is 6.10. The van der Waals surface area contributed by atoms with Gasteiger partial charge in [0.2, 0.25) is 0 Å². The summed E-state index contributed by atoms with van der Waals surface area (Å²) in [6.07, 6.45) is 3.17. The summed E-state index contributed by atoms with van der Waals surface area (Å²) in [5, 5.41) is 3.06. The maximum Gasteiger partial charge on any atom is 0.0958 e. The van der Waals surface area contributed by atoms with Crippen molar-refractivity contribution in [3.05, 3.63) is 23.1 Å². The van der Waals surface area contributed by atoms with Crippen molar-refractivity contribution >= 4 is 39.4 Å². The highest BCUT2D eigenvalue weighted by Gasteiger charge is 2.16. The molecule has 80 valence electrons. The first-order chi connectivity index (χ1) is 7.27. The van der Waals surface area contributed by atoms with E-state index >= 15 is 0 Å². The van der Waals surface area contributed by atoms with Crippen molar-refractivity contribution in [1.82, 2.24) is 0 Å². The Kier molecular flexibility index (Phi) is 3.38. The molecule has 15 heavy (non-hydrogen) atoms. The third-order valence-corrected chi connectivity index (χ3v) is 5.41. The molecule has 0 amide bonds. The second-order valence-corrected chi connectivity index (χ2v) is 6.22. The van der Waals surface area contributed by atoms with Gasteiger partial charge < -0.3 is 5.73 Å². The third-order valence-electron chi connectivity index (χ3n) is 2.30. The second kappa shape index (κ2) is 4.60. The molecule has 0 fully saturated rings. The molecule has 0 saturated carbocycles. The first-order valence-electron chi connectivity index (χ1n) is 4.77. The summed E-state index contributed by atoms with van der Waals surface area (Å²) >= 11 is 5.27. The van der Waals surface area contributed by atoms with Gasteiger partial charge in [-0.3, -0.25) is 0 Å². The molecule has 2 rings (SSSR count). The quantitative estimate of drug-likeness (QED) is 0.825. The number of nitrogen functional groups attached to an aromatic ring is 1. The smallest absolute Gasteiger partial charge is 0.0958 e. The number of thioether (sulfide) groups is 1. The van der Waals surface area contributed by atoms with Crippen LogP contribution >= 0.6 is 34.4 Å². The Balaban J connectivity index is 2.59. The summed E-state index contributed by atoms with van der Waals surface area (Å²) in [4.78, 5) is 1.29. The molecule has 1 nitrogen and oxygen atoms in total. The van der Waals surface area contributed by atoms with Crippen molar-refractivity contribution in [3.8, 4) is 10.4 Å². The second-order valence-electron chi connectivity index (χ2n) is 3.14. The van der Waals surface area contributed by atoms with Crippen LogP contribution in [-0.4, -0.2) is 6.26 Å². The average Bonchev–Trinajstić information content (AvgIpc) is 2.83. The molecule has 0 atom stereocenters. The molecule has 0 aliphatic heterocycles. The van der Waals surface area contributed by atoms with Crippen molar-refractivity contribution in [2.75, 3.05) is 12.0 Å². The third kappa shape index (κ3) is 1.94. The first-order valence-corrected chi connectivity index (χ1v) is 7.69. The number of hydrogen-bond acceptors (Lipinski definition) is 4. The molecule has 0 saturated heterocycles. The van der Waals surface area contributed by atoms with Gasteiger partial charge in [-0.1, -0.05) is 13.0 Å². The summed E-state index contributed by atoms with van der Waals surface area (Å²) in [5.74, 6) is 0. The van der Waals surface area contributed by atoms with Crippen LogP contribution < -0.4 is 5.73 Å². The SMILES string of the molecule is CCc1c(SC)sc(N)c1-c1cccs1. The zero-order chi connectivity index (χ0) is 10.8. The normalized spacial score (nSPS) is 10.8. The molecule has 0 bridgehead atoms. The molecule has 0 aromatic carbocycles. The van der Waals surface area contributed by atoms with Crippen LogP contribution in [-0.2, 0) is 6.42 Å². The molecule has 0 aliphatic carbocycles. The van der Waals surface area contributed by atoms with Crippen LogP contribution in [0, 0.1) is 0 Å². The summed E-state index contributed by atoms with van der Waals surface area (Å²) in [5.41, 5.74) is 8.77. The molecule has 2 aromatic heterocycles. The Morgan fingerprint density at radius 2 is 2.27 bits per heavy atom. The van der Waals surface area contributed by atoms with E-state index < -0.39 is 0 Å². The van der Waals surface area contributed by atoms with Crippen LogP contribution in [0.4, 0.5) is 5.00 Å². The lowest BCUT2D eigenvalue weighted by atomic mass is 10.1. The fourth-order valence-electron chi connectivity index (χ4n) is 1.64. The molecule has 0 spiro atoms. The lowest BCUT2D eigenvalue weighted by Gasteiger charge is -2.01. The van der Waals surface area contributed by atoms with Gasteiger partial charge in [0, 0.05) is 10.4 Å². The maximum atomic E-state index is 6.10. The lowest BCUT2D eigenvalue weighted by molar-refractivity contribution is 1.12. The van der Waals surface area contributed by atoms with Crippen molar-refractivity contribution < 1.29 is 0 Å². The van der Waals surface area contributed by atoms with E-state index in [1.54, 1.807) is 34.4 Å². The van der Waals surface area contributed by atoms with Gasteiger partial charge in [0.15, 0.2) is 0 Å². The zero-order valence-electron chi connectivity index (χ0n) is 8.74. The number of hydrogen-bond donors (Lipinski definition) is 1. The van der Waals surface area contributed by atoms with Crippen LogP contribution in [0.5, 0.6) is 0 Å². The highest BCUT2D eigenvalue weighted by molar-refractivity contribution is 8.00. The standard InChI is InChI=1S/C11H13NS3/c1-3-7-9(8-5-4-6-14-8)10(12)15-11(7)13-2/h4-6H,3,12H2,1-2H3. The van der Waals surface area contributed by atoms with Crippen LogP contribution in [0.15, 0.2) is 21.7 Å². The average molecular weight is 255 g/mol. The Labute approximate surface area is 102 Å². The van der Waals surface area contributed by atoms with Gasteiger partial charge in [0.05, 0.1) is 9.21 Å². The summed E-state index contributed by atoms with van der Waals surface area (Å²) in [7, 11) is 0. The predicted octanol–water partition coefficient (Wildman–Crippen LogP) is 4.34. The van der Waals surface area contributed by atoms with E-state index in [1.807, 2.05) is 0 Å². The van der Waals surface area contributed by atoms with E-state index in [-0.39, 0.29) is 0 Å². The molecule has 0 aliphatic rings. The predicted molar refractivity (Wildman–Crippen MR) is 73.2 cm³/mol. The minimum atomic E-state index is 0.957. The van der Waals surface area contributed by atoms with Crippen molar-refractivity contribution in [3.63, 3.8) is 0 Å². The van der Waals surface area contributed by atoms with Crippen molar-refractivity contribution in [1.29, 1.82) is 0 Å². The van der Waals surface area contributed by atoms with Gasteiger partial charge in [-0.25, -0.2) is 0 Å². The largest absolute Gasteiger partial charge is 0.390 e. The van der Waals surface area contributed by atoms with Gasteiger partial charge in [0.1, 0.15) is 0 Å². The van der Waals surface area contributed by atoms with Gasteiger partial charge >= 0.3 is 0 Å². The van der Waals surface area contributed by atoms with Crippen molar-refractivity contribution in [2.24, 2.45) is 0 Å². The highest BCUT2D eigenvalue weighted by atomic mass is 32.2. The Morgan fingerprint density at radius 1 is 1.47 bits per heavy atom. The Bertz CT molecular complexity index is 443. The van der Waals surface area contributed by atoms with Crippen LogP contribution in [0.25, 0.3) is 10.4 Å². The number of nitrogens with two attached hydrogens (primary N) is 1. The number of rotatable bonds is 3. The monoisotopic (exact) mass is 255 g/mol. The molecule has 2 aromatic rings. The molecule has 0 radical (unpaired) electrons. The molecular formula is C11H13NS3. The number of thiophene rings is 2. The molecular weight excluding hydrogens is 242 g/mol. The van der Waals surface area contributed by atoms with E-state index in [9.17, 15) is 0 Å². The van der Waals surface area contributed by atoms with E-state index in [0.29, 0.717) is 0 Å². The Hall–Kier alpha value is -0.450. The van der Waals surface area contributed by atoms with E-state index in [0.717, 1.165) is 11.4 Å². The Morgan fingerprint density at radius 3 is 2.80 bits per heavy atom. The van der Waals surface area contributed by atoms with Gasteiger partial charge in [-0.15, -0.1) is 34.4 Å². The zero-order valence-corrected chi connectivity index (χ0v) is 11.2. The lowest BCUT2D eigenvalue weighted by Crippen LogP contribution is -1.86. The van der Waals surface area contributed by atoms with E-state index in [4.69, 9.17) is 5.73 Å². The summed E-state index contributed by atoms with van der Waals surface area (Å²) < 4.78 is 1.36. The molecule has 4 heteroatoms. The minimum Gasteiger partial charge on any atom is -0.390 e. The molecule has 2 heterocycles. The first kappa shape index (κ1) is 11.0. The molecule has 0 unspecified atom stereocenters. The van der Waals surface area contributed by atoms with Crippen LogP contribution in [0.1, 0.15) is 12.5 Å².